The molecular formula is C13H20ClNO2S. The highest BCUT2D eigenvalue weighted by Gasteiger charge is 2.14. The molecule has 0 amide bonds. The maximum atomic E-state index is 11.9. The summed E-state index contributed by atoms with van der Waals surface area (Å²) >= 11 is 5.96. The van der Waals surface area contributed by atoms with E-state index in [1.165, 1.54) is 0 Å². The molecule has 1 N–H and O–H groups in total. The summed E-state index contributed by atoms with van der Waals surface area (Å²) in [5.74, 6) is 0.241. The zero-order chi connectivity index (χ0) is 13.6. The lowest BCUT2D eigenvalue weighted by Crippen LogP contribution is -2.22. The van der Waals surface area contributed by atoms with Crippen LogP contribution in [0, 0.1) is 0 Å². The van der Waals surface area contributed by atoms with E-state index in [2.05, 4.69) is 5.32 Å². The minimum Gasteiger partial charge on any atom is -0.317 e. The average molecular weight is 290 g/mol. The van der Waals surface area contributed by atoms with Crippen LogP contribution in [0.3, 0.4) is 0 Å². The minimum absolute atomic E-state index is 0.0284. The van der Waals surface area contributed by atoms with Gasteiger partial charge in [0, 0.05) is 11.1 Å². The molecule has 1 rings (SSSR count). The zero-order valence-electron chi connectivity index (χ0n) is 10.8. The predicted octanol–water partition coefficient (Wildman–Crippen LogP) is 2.64. The molecule has 0 saturated carbocycles. The minimum atomic E-state index is -3.07. The highest BCUT2D eigenvalue weighted by atomic mass is 35.5. The van der Waals surface area contributed by atoms with Gasteiger partial charge in [0.15, 0.2) is 9.84 Å². The van der Waals surface area contributed by atoms with E-state index in [4.69, 9.17) is 11.6 Å². The first-order valence-corrected chi connectivity index (χ1v) is 8.25. The fraction of sp³-hybridized carbons (Fsp3) is 0.538. The molecule has 0 saturated heterocycles. The second-order valence-corrected chi connectivity index (χ2v) is 7.11. The molecule has 0 radical (unpaired) electrons. The first-order chi connectivity index (χ1) is 8.44. The molecule has 1 atom stereocenters. The van der Waals surface area contributed by atoms with Crippen LogP contribution in [-0.4, -0.2) is 27.3 Å². The van der Waals surface area contributed by atoms with E-state index in [0.717, 1.165) is 6.42 Å². The maximum absolute atomic E-state index is 11.9. The average Bonchev–Trinajstić information content (AvgIpc) is 2.31. The summed E-state index contributed by atoms with van der Waals surface area (Å²) in [5.41, 5.74) is 0.681. The number of halogens is 1. The van der Waals surface area contributed by atoms with Gasteiger partial charge < -0.3 is 5.32 Å². The van der Waals surface area contributed by atoms with Gasteiger partial charge in [0.2, 0.25) is 0 Å². The van der Waals surface area contributed by atoms with Crippen molar-refractivity contribution in [3.05, 3.63) is 34.9 Å². The molecule has 18 heavy (non-hydrogen) atoms. The van der Waals surface area contributed by atoms with Gasteiger partial charge in [-0.05, 0) is 38.4 Å². The molecule has 0 spiro atoms. The Morgan fingerprint density at radius 1 is 1.33 bits per heavy atom. The maximum Gasteiger partial charge on any atom is 0.154 e. The molecule has 3 nitrogen and oxygen atoms in total. The van der Waals surface area contributed by atoms with Gasteiger partial charge in [0.05, 0.1) is 11.5 Å². The van der Waals surface area contributed by atoms with Crippen LogP contribution in [0.25, 0.3) is 0 Å². The summed E-state index contributed by atoms with van der Waals surface area (Å²) in [7, 11) is -1.20. The van der Waals surface area contributed by atoms with Crippen LogP contribution in [-0.2, 0) is 15.6 Å². The van der Waals surface area contributed by atoms with Crippen LogP contribution in [0.1, 0.15) is 25.3 Å². The Morgan fingerprint density at radius 2 is 2.00 bits per heavy atom. The predicted molar refractivity (Wildman–Crippen MR) is 76.7 cm³/mol. The molecule has 0 heterocycles. The monoisotopic (exact) mass is 289 g/mol. The molecule has 5 heteroatoms. The third-order valence-corrected chi connectivity index (χ3v) is 4.95. The second-order valence-electron chi connectivity index (χ2n) is 4.52. The van der Waals surface area contributed by atoms with E-state index in [0.29, 0.717) is 23.0 Å². The van der Waals surface area contributed by atoms with Crippen molar-refractivity contribution in [3.63, 3.8) is 0 Å². The van der Waals surface area contributed by atoms with Gasteiger partial charge in [-0.2, -0.15) is 0 Å². The van der Waals surface area contributed by atoms with E-state index in [1.807, 2.05) is 14.0 Å². The summed E-state index contributed by atoms with van der Waals surface area (Å²) < 4.78 is 23.9. The molecule has 1 aromatic rings. The van der Waals surface area contributed by atoms with Crippen LogP contribution in [0.5, 0.6) is 0 Å². The lowest BCUT2D eigenvalue weighted by atomic mass is 10.2. The first kappa shape index (κ1) is 15.5. The Kier molecular flexibility index (Phi) is 6.12. The van der Waals surface area contributed by atoms with Gasteiger partial charge in [-0.25, -0.2) is 8.42 Å². The van der Waals surface area contributed by atoms with Crippen LogP contribution in [0.2, 0.25) is 5.02 Å². The lowest BCUT2D eigenvalue weighted by molar-refractivity contribution is 0.548. The summed E-state index contributed by atoms with van der Waals surface area (Å²) in [4.78, 5) is 0. The highest BCUT2D eigenvalue weighted by molar-refractivity contribution is 7.90. The van der Waals surface area contributed by atoms with Gasteiger partial charge in [0.25, 0.3) is 0 Å². The van der Waals surface area contributed by atoms with Crippen molar-refractivity contribution in [1.29, 1.82) is 0 Å². The molecule has 102 valence electrons. The van der Waals surface area contributed by atoms with E-state index < -0.39 is 9.84 Å². The van der Waals surface area contributed by atoms with E-state index in [-0.39, 0.29) is 11.5 Å². The summed E-state index contributed by atoms with van der Waals surface area (Å²) in [6.07, 6.45) is 1.53. The van der Waals surface area contributed by atoms with Crippen molar-refractivity contribution in [2.24, 2.45) is 0 Å². The molecule has 0 bridgehead atoms. The standard InChI is InChI=1S/C13H20ClNO2S/c1-11(15-2)6-5-9-18(16,17)10-12-7-3-4-8-13(12)14/h3-4,7-8,11,15H,5-6,9-10H2,1-2H3. The summed E-state index contributed by atoms with van der Waals surface area (Å²) in [5, 5.41) is 3.61. The van der Waals surface area contributed by atoms with Crippen molar-refractivity contribution in [3.8, 4) is 0 Å². The first-order valence-electron chi connectivity index (χ1n) is 6.05. The van der Waals surface area contributed by atoms with Crippen molar-refractivity contribution < 1.29 is 8.42 Å². The van der Waals surface area contributed by atoms with Gasteiger partial charge in [-0.3, -0.25) is 0 Å². The molecule has 0 aliphatic carbocycles. The molecular weight excluding hydrogens is 270 g/mol. The van der Waals surface area contributed by atoms with Crippen molar-refractivity contribution in [2.45, 2.75) is 31.6 Å². The molecule has 0 aliphatic heterocycles. The third-order valence-electron chi connectivity index (χ3n) is 2.92. The molecule has 0 fully saturated rings. The Bertz CT molecular complexity index is 474. The fourth-order valence-corrected chi connectivity index (χ4v) is 3.44. The number of rotatable bonds is 7. The Morgan fingerprint density at radius 3 is 2.61 bits per heavy atom. The Labute approximate surface area is 114 Å². The number of nitrogens with one attached hydrogen (secondary N) is 1. The lowest BCUT2D eigenvalue weighted by Gasteiger charge is -2.10. The topological polar surface area (TPSA) is 46.2 Å². The number of benzene rings is 1. The van der Waals surface area contributed by atoms with Gasteiger partial charge in [0.1, 0.15) is 0 Å². The van der Waals surface area contributed by atoms with Crippen molar-refractivity contribution in [1.82, 2.24) is 5.32 Å². The number of sulfone groups is 1. The van der Waals surface area contributed by atoms with Gasteiger partial charge >= 0.3 is 0 Å². The number of hydrogen-bond donors (Lipinski definition) is 1. The summed E-state index contributed by atoms with van der Waals surface area (Å²) in [6, 6.07) is 7.43. The second kappa shape index (κ2) is 7.12. The Balaban J connectivity index is 2.53. The van der Waals surface area contributed by atoms with E-state index in [9.17, 15) is 8.42 Å². The van der Waals surface area contributed by atoms with Crippen LogP contribution in [0.4, 0.5) is 0 Å². The van der Waals surface area contributed by atoms with Gasteiger partial charge in [-0.15, -0.1) is 0 Å². The third kappa shape index (κ3) is 5.38. The zero-order valence-corrected chi connectivity index (χ0v) is 12.4. The molecule has 0 aromatic heterocycles. The quantitative estimate of drug-likeness (QED) is 0.839. The van der Waals surface area contributed by atoms with Crippen molar-refractivity contribution >= 4 is 21.4 Å². The normalized spacial score (nSPS) is 13.5. The number of hydrogen-bond acceptors (Lipinski definition) is 3. The largest absolute Gasteiger partial charge is 0.317 e. The van der Waals surface area contributed by atoms with Crippen LogP contribution in [0.15, 0.2) is 24.3 Å². The highest BCUT2D eigenvalue weighted by Crippen LogP contribution is 2.18. The van der Waals surface area contributed by atoms with E-state index in [1.54, 1.807) is 24.3 Å². The molecule has 0 aliphatic rings. The molecule has 1 aromatic carbocycles. The smallest absolute Gasteiger partial charge is 0.154 e. The summed E-state index contributed by atoms with van der Waals surface area (Å²) in [6.45, 7) is 2.04. The van der Waals surface area contributed by atoms with Crippen LogP contribution < -0.4 is 5.32 Å². The van der Waals surface area contributed by atoms with Crippen LogP contribution >= 0.6 is 11.6 Å². The van der Waals surface area contributed by atoms with Crippen molar-refractivity contribution in [2.75, 3.05) is 12.8 Å². The SMILES string of the molecule is CNC(C)CCCS(=O)(=O)Cc1ccccc1Cl. The van der Waals surface area contributed by atoms with E-state index >= 15 is 0 Å². The molecule has 1 unspecified atom stereocenters. The fourth-order valence-electron chi connectivity index (χ4n) is 1.68. The Hall–Kier alpha value is -0.580. The van der Waals surface area contributed by atoms with Gasteiger partial charge in [-0.1, -0.05) is 29.8 Å².